The third kappa shape index (κ3) is 4.81. The average molecular weight is 394 g/mol. The van der Waals surface area contributed by atoms with Crippen molar-refractivity contribution >= 4 is 11.8 Å². The van der Waals surface area contributed by atoms with E-state index in [9.17, 15) is 9.59 Å². The first-order valence-electron chi connectivity index (χ1n) is 10.1. The Balaban J connectivity index is 1.35. The van der Waals surface area contributed by atoms with Gasteiger partial charge in [-0.3, -0.25) is 19.5 Å². The fourth-order valence-corrected chi connectivity index (χ4v) is 3.77. The van der Waals surface area contributed by atoms with E-state index in [-0.39, 0.29) is 11.8 Å². The third-order valence-electron chi connectivity index (χ3n) is 5.48. The van der Waals surface area contributed by atoms with Crippen molar-refractivity contribution in [2.24, 2.45) is 0 Å². The maximum Gasteiger partial charge on any atom is 0.272 e. The van der Waals surface area contributed by atoms with E-state index in [0.29, 0.717) is 30.9 Å². The molecule has 0 unspecified atom stereocenters. The molecule has 0 aliphatic carbocycles. The first-order valence-corrected chi connectivity index (χ1v) is 10.1. The van der Waals surface area contributed by atoms with Crippen LogP contribution in [0.15, 0.2) is 42.6 Å². The summed E-state index contributed by atoms with van der Waals surface area (Å²) in [6.45, 7) is 5.85. The van der Waals surface area contributed by atoms with Gasteiger partial charge in [0, 0.05) is 51.0 Å². The van der Waals surface area contributed by atoms with E-state index >= 15 is 0 Å². The van der Waals surface area contributed by atoms with E-state index in [0.717, 1.165) is 39.3 Å². The van der Waals surface area contributed by atoms with E-state index in [1.807, 2.05) is 12.1 Å². The molecule has 1 saturated heterocycles. The molecule has 0 bridgehead atoms. The van der Waals surface area contributed by atoms with Crippen molar-refractivity contribution in [2.75, 3.05) is 45.9 Å². The predicted octanol–water partition coefficient (Wildman–Crippen LogP) is 1.34. The molecule has 2 amide bonds. The SMILES string of the molecule is O=C(NCCN1CCOCC1)c1ccnc(C(=O)N2CCc3ccccc3C2)c1. The van der Waals surface area contributed by atoms with E-state index < -0.39 is 0 Å². The number of nitrogens with zero attached hydrogens (tertiary/aromatic N) is 3. The molecule has 1 aromatic heterocycles. The maximum atomic E-state index is 12.9. The van der Waals surface area contributed by atoms with Gasteiger partial charge >= 0.3 is 0 Å². The average Bonchev–Trinajstić information content (AvgIpc) is 2.79. The van der Waals surface area contributed by atoms with Crippen molar-refractivity contribution in [3.63, 3.8) is 0 Å². The van der Waals surface area contributed by atoms with Gasteiger partial charge in [0.1, 0.15) is 5.69 Å². The molecule has 2 aromatic rings. The Labute approximate surface area is 170 Å². The predicted molar refractivity (Wildman–Crippen MR) is 109 cm³/mol. The van der Waals surface area contributed by atoms with Crippen LogP contribution >= 0.6 is 0 Å². The van der Waals surface area contributed by atoms with Crippen LogP contribution in [0.25, 0.3) is 0 Å². The van der Waals surface area contributed by atoms with E-state index in [1.165, 1.54) is 17.3 Å². The van der Waals surface area contributed by atoms with Crippen molar-refractivity contribution in [1.82, 2.24) is 20.1 Å². The molecule has 1 N–H and O–H groups in total. The van der Waals surface area contributed by atoms with Crippen LogP contribution in [0.5, 0.6) is 0 Å². The van der Waals surface area contributed by atoms with Gasteiger partial charge in [-0.25, -0.2) is 0 Å². The zero-order valence-corrected chi connectivity index (χ0v) is 16.5. The quantitative estimate of drug-likeness (QED) is 0.829. The highest BCUT2D eigenvalue weighted by molar-refractivity contribution is 5.98. The minimum Gasteiger partial charge on any atom is -0.379 e. The second kappa shape index (κ2) is 9.15. The summed E-state index contributed by atoms with van der Waals surface area (Å²) in [6, 6.07) is 11.4. The van der Waals surface area contributed by atoms with Gasteiger partial charge in [0.25, 0.3) is 11.8 Å². The number of amides is 2. The third-order valence-corrected chi connectivity index (χ3v) is 5.48. The number of carbonyl (C=O) groups excluding carboxylic acids is 2. The van der Waals surface area contributed by atoms with Gasteiger partial charge in [0.05, 0.1) is 13.2 Å². The molecule has 152 valence electrons. The fourth-order valence-electron chi connectivity index (χ4n) is 3.77. The van der Waals surface area contributed by atoms with Gasteiger partial charge in [-0.15, -0.1) is 0 Å². The lowest BCUT2D eigenvalue weighted by Crippen LogP contribution is -2.41. The molecule has 0 atom stereocenters. The van der Waals surface area contributed by atoms with Gasteiger partial charge in [-0.1, -0.05) is 24.3 Å². The second-order valence-corrected chi connectivity index (χ2v) is 7.39. The lowest BCUT2D eigenvalue weighted by Gasteiger charge is -2.28. The molecule has 3 heterocycles. The highest BCUT2D eigenvalue weighted by atomic mass is 16.5. The molecule has 29 heavy (non-hydrogen) atoms. The summed E-state index contributed by atoms with van der Waals surface area (Å²) in [5.41, 5.74) is 3.23. The zero-order valence-electron chi connectivity index (χ0n) is 16.5. The van der Waals surface area contributed by atoms with Gasteiger partial charge < -0.3 is 15.0 Å². The Kier molecular flexibility index (Phi) is 6.17. The largest absolute Gasteiger partial charge is 0.379 e. The smallest absolute Gasteiger partial charge is 0.272 e. The number of benzene rings is 1. The minimum absolute atomic E-state index is 0.137. The minimum atomic E-state index is -0.182. The summed E-state index contributed by atoms with van der Waals surface area (Å²) in [5.74, 6) is -0.318. The summed E-state index contributed by atoms with van der Waals surface area (Å²) in [4.78, 5) is 33.7. The molecular weight excluding hydrogens is 368 g/mol. The number of nitrogens with one attached hydrogen (secondary N) is 1. The van der Waals surface area contributed by atoms with E-state index in [4.69, 9.17) is 4.74 Å². The molecule has 7 heteroatoms. The number of hydrogen-bond acceptors (Lipinski definition) is 5. The molecular formula is C22H26N4O3. The number of aromatic nitrogens is 1. The number of rotatable bonds is 5. The number of hydrogen-bond donors (Lipinski definition) is 1. The van der Waals surface area contributed by atoms with Crippen molar-refractivity contribution < 1.29 is 14.3 Å². The molecule has 2 aliphatic heterocycles. The Bertz CT molecular complexity index is 880. The first kappa shape index (κ1) is 19.5. The normalized spacial score (nSPS) is 16.9. The van der Waals surface area contributed by atoms with E-state index in [1.54, 1.807) is 17.0 Å². The van der Waals surface area contributed by atoms with Gasteiger partial charge in [-0.05, 0) is 29.7 Å². The van der Waals surface area contributed by atoms with Crippen LogP contribution in [-0.4, -0.2) is 72.5 Å². The van der Waals surface area contributed by atoms with Crippen molar-refractivity contribution in [3.8, 4) is 0 Å². The first-order chi connectivity index (χ1) is 14.2. The van der Waals surface area contributed by atoms with Crippen molar-refractivity contribution in [2.45, 2.75) is 13.0 Å². The van der Waals surface area contributed by atoms with Crippen molar-refractivity contribution in [1.29, 1.82) is 0 Å². The topological polar surface area (TPSA) is 74.8 Å². The summed E-state index contributed by atoms with van der Waals surface area (Å²) < 4.78 is 5.33. The molecule has 0 spiro atoms. The second-order valence-electron chi connectivity index (χ2n) is 7.39. The zero-order chi connectivity index (χ0) is 20.1. The fraction of sp³-hybridized carbons (Fsp3) is 0.409. The molecule has 2 aliphatic rings. The summed E-state index contributed by atoms with van der Waals surface area (Å²) in [5, 5.41) is 2.93. The van der Waals surface area contributed by atoms with Crippen LogP contribution in [0.3, 0.4) is 0 Å². The summed E-state index contributed by atoms with van der Waals surface area (Å²) in [7, 11) is 0. The lowest BCUT2D eigenvalue weighted by atomic mass is 9.99. The molecule has 4 rings (SSSR count). The van der Waals surface area contributed by atoms with Gasteiger partial charge in [0.15, 0.2) is 0 Å². The summed E-state index contributed by atoms with van der Waals surface area (Å²) >= 11 is 0. The van der Waals surface area contributed by atoms with Crippen LogP contribution in [0.1, 0.15) is 32.0 Å². The monoisotopic (exact) mass is 394 g/mol. The Morgan fingerprint density at radius 3 is 2.69 bits per heavy atom. The lowest BCUT2D eigenvalue weighted by molar-refractivity contribution is 0.0383. The molecule has 1 fully saturated rings. The number of pyridine rings is 1. The standard InChI is InChI=1S/C22H26N4O3/c27-21(24-8-10-25-11-13-29-14-12-25)18-5-7-23-20(15-18)22(28)26-9-6-17-3-1-2-4-19(17)16-26/h1-5,7,15H,6,8-14,16H2,(H,24,27). The maximum absolute atomic E-state index is 12.9. The number of morpholine rings is 1. The Morgan fingerprint density at radius 2 is 1.86 bits per heavy atom. The number of carbonyl (C=O) groups is 2. The van der Waals surface area contributed by atoms with Gasteiger partial charge in [0.2, 0.25) is 0 Å². The Morgan fingerprint density at radius 1 is 1.07 bits per heavy atom. The Hall–Kier alpha value is -2.77. The molecule has 7 nitrogen and oxygen atoms in total. The highest BCUT2D eigenvalue weighted by Crippen LogP contribution is 2.20. The number of fused-ring (bicyclic) bond motifs is 1. The van der Waals surface area contributed by atoms with Crippen LogP contribution in [-0.2, 0) is 17.7 Å². The molecule has 1 aromatic carbocycles. The highest BCUT2D eigenvalue weighted by Gasteiger charge is 2.23. The van der Waals surface area contributed by atoms with Crippen LogP contribution in [0, 0.1) is 0 Å². The van der Waals surface area contributed by atoms with Crippen LogP contribution in [0.4, 0.5) is 0 Å². The van der Waals surface area contributed by atoms with E-state index in [2.05, 4.69) is 27.3 Å². The van der Waals surface area contributed by atoms with Crippen LogP contribution in [0.2, 0.25) is 0 Å². The van der Waals surface area contributed by atoms with Crippen molar-refractivity contribution in [3.05, 3.63) is 65.0 Å². The molecule has 0 saturated carbocycles. The molecule has 0 radical (unpaired) electrons. The van der Waals surface area contributed by atoms with Crippen LogP contribution < -0.4 is 5.32 Å². The summed E-state index contributed by atoms with van der Waals surface area (Å²) in [6.07, 6.45) is 2.37. The van der Waals surface area contributed by atoms with Gasteiger partial charge in [-0.2, -0.15) is 0 Å². The number of ether oxygens (including phenoxy) is 1.